The van der Waals surface area contributed by atoms with E-state index in [9.17, 15) is 13.6 Å². The zero-order valence-corrected chi connectivity index (χ0v) is 9.62. The van der Waals surface area contributed by atoms with Crippen LogP contribution in [0.5, 0.6) is 0 Å². The van der Waals surface area contributed by atoms with Crippen molar-refractivity contribution in [3.8, 4) is 0 Å². The number of hydrogen-bond donors (Lipinski definition) is 2. The van der Waals surface area contributed by atoms with E-state index >= 15 is 0 Å². The summed E-state index contributed by atoms with van der Waals surface area (Å²) in [5.74, 6) is -0.460. The van der Waals surface area contributed by atoms with Crippen molar-refractivity contribution in [1.82, 2.24) is 5.32 Å². The Morgan fingerprint density at radius 1 is 1.41 bits per heavy atom. The first-order valence-electron chi connectivity index (χ1n) is 4.97. The Kier molecular flexibility index (Phi) is 5.31. The summed E-state index contributed by atoms with van der Waals surface area (Å²) in [5, 5.41) is 11.5. The molecule has 1 aromatic rings. The minimum absolute atomic E-state index is 0.00433. The molecule has 0 aliphatic heterocycles. The summed E-state index contributed by atoms with van der Waals surface area (Å²) in [6.45, 7) is -0.471. The molecule has 3 nitrogen and oxygen atoms in total. The van der Waals surface area contributed by atoms with Gasteiger partial charge in [0.05, 0.1) is 6.42 Å². The SMILES string of the molecule is O=C(Cc1ccccc1Cl)NCC(O)C(F)F. The lowest BCUT2D eigenvalue weighted by Crippen LogP contribution is -2.36. The van der Waals surface area contributed by atoms with E-state index in [4.69, 9.17) is 16.7 Å². The highest BCUT2D eigenvalue weighted by atomic mass is 35.5. The number of carbonyl (C=O) groups is 1. The van der Waals surface area contributed by atoms with Gasteiger partial charge in [-0.15, -0.1) is 0 Å². The van der Waals surface area contributed by atoms with Gasteiger partial charge < -0.3 is 10.4 Å². The summed E-state index contributed by atoms with van der Waals surface area (Å²) in [5.41, 5.74) is 0.609. The highest BCUT2D eigenvalue weighted by molar-refractivity contribution is 6.31. The van der Waals surface area contributed by atoms with Gasteiger partial charge in [0.1, 0.15) is 6.10 Å². The third-order valence-corrected chi connectivity index (χ3v) is 2.48. The number of carbonyl (C=O) groups excluding carboxylic acids is 1. The zero-order chi connectivity index (χ0) is 12.8. The second kappa shape index (κ2) is 6.51. The number of aliphatic hydroxyl groups excluding tert-OH is 1. The number of aliphatic hydroxyl groups is 1. The van der Waals surface area contributed by atoms with Crippen LogP contribution in [0.25, 0.3) is 0 Å². The smallest absolute Gasteiger partial charge is 0.265 e. The Labute approximate surface area is 102 Å². The normalized spacial score (nSPS) is 12.5. The molecule has 94 valence electrons. The number of amides is 1. The summed E-state index contributed by atoms with van der Waals surface area (Å²) >= 11 is 5.83. The van der Waals surface area contributed by atoms with Gasteiger partial charge >= 0.3 is 0 Å². The molecule has 0 saturated heterocycles. The van der Waals surface area contributed by atoms with Gasteiger partial charge in [0, 0.05) is 11.6 Å². The Morgan fingerprint density at radius 3 is 2.65 bits per heavy atom. The molecule has 0 spiro atoms. The molecule has 0 bridgehead atoms. The van der Waals surface area contributed by atoms with Gasteiger partial charge in [-0.3, -0.25) is 4.79 Å². The fourth-order valence-corrected chi connectivity index (χ4v) is 1.39. The molecule has 0 aliphatic rings. The average Bonchev–Trinajstić information content (AvgIpc) is 2.29. The van der Waals surface area contributed by atoms with Crippen molar-refractivity contribution < 1.29 is 18.7 Å². The molecule has 1 rings (SSSR count). The Bertz CT molecular complexity index is 387. The summed E-state index contributed by atoms with van der Waals surface area (Å²) in [6, 6.07) is 6.76. The Balaban J connectivity index is 2.43. The predicted molar refractivity (Wildman–Crippen MR) is 60.2 cm³/mol. The van der Waals surface area contributed by atoms with E-state index in [0.717, 1.165) is 0 Å². The maximum Gasteiger partial charge on any atom is 0.265 e. The van der Waals surface area contributed by atoms with Crippen LogP contribution in [0.1, 0.15) is 5.56 Å². The maximum absolute atomic E-state index is 11.9. The van der Waals surface area contributed by atoms with E-state index in [-0.39, 0.29) is 6.42 Å². The Hall–Kier alpha value is -1.20. The molecule has 0 aliphatic carbocycles. The number of benzene rings is 1. The van der Waals surface area contributed by atoms with Crippen LogP contribution in [0.3, 0.4) is 0 Å². The van der Waals surface area contributed by atoms with Crippen LogP contribution >= 0.6 is 11.6 Å². The van der Waals surface area contributed by atoms with Gasteiger partial charge in [-0.25, -0.2) is 8.78 Å². The molecule has 6 heteroatoms. The number of nitrogens with one attached hydrogen (secondary N) is 1. The van der Waals surface area contributed by atoms with E-state index in [1.54, 1.807) is 24.3 Å². The van der Waals surface area contributed by atoms with E-state index in [2.05, 4.69) is 5.32 Å². The molecule has 1 amide bonds. The number of halogens is 3. The fraction of sp³-hybridized carbons (Fsp3) is 0.364. The van der Waals surface area contributed by atoms with Gasteiger partial charge in [-0.2, -0.15) is 0 Å². The van der Waals surface area contributed by atoms with E-state index in [1.165, 1.54) is 0 Å². The number of rotatable bonds is 5. The molecule has 1 unspecified atom stereocenters. The monoisotopic (exact) mass is 263 g/mol. The van der Waals surface area contributed by atoms with Crippen LogP contribution < -0.4 is 5.32 Å². The van der Waals surface area contributed by atoms with Gasteiger partial charge in [0.2, 0.25) is 5.91 Å². The Morgan fingerprint density at radius 2 is 2.06 bits per heavy atom. The summed E-state index contributed by atoms with van der Waals surface area (Å²) in [6.07, 6.45) is -4.71. The van der Waals surface area contributed by atoms with E-state index < -0.39 is 25.0 Å². The predicted octanol–water partition coefficient (Wildman–Crippen LogP) is 1.62. The van der Waals surface area contributed by atoms with Crippen molar-refractivity contribution in [1.29, 1.82) is 0 Å². The van der Waals surface area contributed by atoms with E-state index in [1.807, 2.05) is 0 Å². The van der Waals surface area contributed by atoms with Crippen LogP contribution in [0.15, 0.2) is 24.3 Å². The average molecular weight is 264 g/mol. The quantitative estimate of drug-likeness (QED) is 0.848. The minimum Gasteiger partial charge on any atom is -0.385 e. The largest absolute Gasteiger partial charge is 0.385 e. The molecular weight excluding hydrogens is 252 g/mol. The summed E-state index contributed by atoms with van der Waals surface area (Å²) in [7, 11) is 0. The first-order valence-corrected chi connectivity index (χ1v) is 5.35. The van der Waals surface area contributed by atoms with Crippen molar-refractivity contribution in [2.45, 2.75) is 19.0 Å². The minimum atomic E-state index is -2.87. The number of hydrogen-bond acceptors (Lipinski definition) is 2. The van der Waals surface area contributed by atoms with Gasteiger partial charge in [-0.1, -0.05) is 29.8 Å². The first-order chi connectivity index (χ1) is 8.00. The molecular formula is C11H12ClF2NO2. The zero-order valence-electron chi connectivity index (χ0n) is 8.87. The topological polar surface area (TPSA) is 49.3 Å². The molecule has 0 fully saturated rings. The first kappa shape index (κ1) is 13.9. The van der Waals surface area contributed by atoms with Gasteiger partial charge in [-0.05, 0) is 11.6 Å². The summed E-state index contributed by atoms with van der Waals surface area (Å²) in [4.78, 5) is 11.4. The summed E-state index contributed by atoms with van der Waals surface area (Å²) < 4.78 is 23.9. The van der Waals surface area contributed by atoms with Crippen molar-refractivity contribution in [3.63, 3.8) is 0 Å². The van der Waals surface area contributed by atoms with Crippen molar-refractivity contribution in [3.05, 3.63) is 34.9 Å². The van der Waals surface area contributed by atoms with Crippen LogP contribution in [0.4, 0.5) is 8.78 Å². The molecule has 0 radical (unpaired) electrons. The van der Waals surface area contributed by atoms with E-state index in [0.29, 0.717) is 10.6 Å². The van der Waals surface area contributed by atoms with Crippen molar-refractivity contribution in [2.75, 3.05) is 6.54 Å². The van der Waals surface area contributed by atoms with Crippen LogP contribution in [-0.4, -0.2) is 30.1 Å². The lowest BCUT2D eigenvalue weighted by molar-refractivity contribution is -0.121. The number of alkyl halides is 2. The lowest BCUT2D eigenvalue weighted by atomic mass is 10.1. The van der Waals surface area contributed by atoms with Crippen LogP contribution in [0, 0.1) is 0 Å². The molecule has 0 heterocycles. The molecule has 1 atom stereocenters. The standard InChI is InChI=1S/C11H12ClF2NO2/c12-8-4-2-1-3-7(8)5-10(17)15-6-9(16)11(13)14/h1-4,9,11,16H,5-6H2,(H,15,17). The highest BCUT2D eigenvalue weighted by Crippen LogP contribution is 2.15. The fourth-order valence-electron chi connectivity index (χ4n) is 1.18. The molecule has 17 heavy (non-hydrogen) atoms. The highest BCUT2D eigenvalue weighted by Gasteiger charge is 2.17. The molecule has 0 saturated carbocycles. The molecule has 1 aromatic carbocycles. The van der Waals surface area contributed by atoms with Crippen molar-refractivity contribution >= 4 is 17.5 Å². The lowest BCUT2D eigenvalue weighted by Gasteiger charge is -2.11. The molecule has 2 N–H and O–H groups in total. The van der Waals surface area contributed by atoms with Crippen LogP contribution in [-0.2, 0) is 11.2 Å². The third kappa shape index (κ3) is 4.66. The van der Waals surface area contributed by atoms with Crippen LogP contribution in [0.2, 0.25) is 5.02 Å². The third-order valence-electron chi connectivity index (χ3n) is 2.11. The van der Waals surface area contributed by atoms with Crippen molar-refractivity contribution in [2.24, 2.45) is 0 Å². The van der Waals surface area contributed by atoms with Gasteiger partial charge in [0.15, 0.2) is 0 Å². The van der Waals surface area contributed by atoms with Gasteiger partial charge in [0.25, 0.3) is 6.43 Å². The second-order valence-electron chi connectivity index (χ2n) is 3.47. The molecule has 0 aromatic heterocycles. The maximum atomic E-state index is 11.9. The second-order valence-corrected chi connectivity index (χ2v) is 3.88.